The quantitative estimate of drug-likeness (QED) is 0.296. The lowest BCUT2D eigenvalue weighted by molar-refractivity contribution is -0.118. The van der Waals surface area contributed by atoms with Crippen LogP contribution in [-0.4, -0.2) is 36.0 Å². The van der Waals surface area contributed by atoms with Crippen LogP contribution in [0, 0.1) is 11.7 Å². The predicted octanol–water partition coefficient (Wildman–Crippen LogP) is 5.56. The molecule has 0 aliphatic carbocycles. The van der Waals surface area contributed by atoms with Crippen molar-refractivity contribution < 1.29 is 13.6 Å². The van der Waals surface area contributed by atoms with Crippen LogP contribution in [-0.2, 0) is 4.79 Å². The van der Waals surface area contributed by atoms with Gasteiger partial charge in [-0.15, -0.1) is 0 Å². The highest BCUT2D eigenvalue weighted by atomic mass is 19.1. The normalized spacial score (nSPS) is 11.6. The number of pyridine rings is 2. The van der Waals surface area contributed by atoms with Crippen molar-refractivity contribution in [3.63, 3.8) is 0 Å². The summed E-state index contributed by atoms with van der Waals surface area (Å²) < 4.78 is 20.3. The first-order chi connectivity index (χ1) is 17.5. The Morgan fingerprint density at radius 2 is 2.00 bits per heavy atom. The molecule has 1 amide bonds. The summed E-state index contributed by atoms with van der Waals surface area (Å²) in [6, 6.07) is 8.70. The van der Waals surface area contributed by atoms with E-state index in [2.05, 4.69) is 35.5 Å². The number of fused-ring (bicyclic) bond motifs is 2. The van der Waals surface area contributed by atoms with Crippen LogP contribution in [0.1, 0.15) is 13.8 Å². The summed E-state index contributed by atoms with van der Waals surface area (Å²) in [6.07, 6.45) is 8.10. The Labute approximate surface area is 203 Å². The number of aromatic nitrogens is 6. The molecule has 5 heterocycles. The van der Waals surface area contributed by atoms with Crippen LogP contribution in [0.4, 0.5) is 10.1 Å². The molecule has 0 aliphatic heterocycles. The number of anilines is 1. The summed E-state index contributed by atoms with van der Waals surface area (Å²) in [7, 11) is 0. The van der Waals surface area contributed by atoms with Gasteiger partial charge < -0.3 is 14.7 Å². The molecule has 0 spiro atoms. The van der Waals surface area contributed by atoms with Crippen molar-refractivity contribution in [3.8, 4) is 33.8 Å². The first-order valence-corrected chi connectivity index (χ1v) is 11.3. The summed E-state index contributed by atoms with van der Waals surface area (Å²) in [5.74, 6) is -0.317. The Hall–Kier alpha value is -4.86. The van der Waals surface area contributed by atoms with E-state index in [-0.39, 0.29) is 17.3 Å². The Morgan fingerprint density at radius 1 is 1.11 bits per heavy atom. The number of aromatic amines is 2. The highest BCUT2D eigenvalue weighted by molar-refractivity contribution is 5.98. The van der Waals surface area contributed by atoms with Gasteiger partial charge in [0.05, 0.1) is 29.9 Å². The van der Waals surface area contributed by atoms with Gasteiger partial charge >= 0.3 is 0 Å². The summed E-state index contributed by atoms with van der Waals surface area (Å²) in [4.78, 5) is 28.6. The van der Waals surface area contributed by atoms with Crippen LogP contribution in [0.3, 0.4) is 0 Å². The van der Waals surface area contributed by atoms with E-state index in [0.717, 1.165) is 16.6 Å². The minimum atomic E-state index is -0.491. The van der Waals surface area contributed by atoms with Gasteiger partial charge in [-0.2, -0.15) is 5.10 Å². The number of nitrogens with zero attached hydrogens (tertiary/aromatic N) is 4. The molecule has 6 rings (SSSR count). The molecule has 0 unspecified atom stereocenters. The maximum atomic E-state index is 15.1. The van der Waals surface area contributed by atoms with Gasteiger partial charge in [0.25, 0.3) is 0 Å². The number of halogens is 1. The lowest BCUT2D eigenvalue weighted by Crippen LogP contribution is -2.17. The van der Waals surface area contributed by atoms with Gasteiger partial charge in [-0.3, -0.25) is 14.9 Å². The van der Waals surface area contributed by atoms with Crippen LogP contribution >= 0.6 is 0 Å². The number of H-pyrrole nitrogens is 2. The Kier molecular flexibility index (Phi) is 5.06. The zero-order valence-corrected chi connectivity index (χ0v) is 19.3. The van der Waals surface area contributed by atoms with E-state index in [1.165, 1.54) is 6.07 Å². The first-order valence-electron chi connectivity index (χ1n) is 11.3. The molecule has 0 fully saturated rings. The minimum Gasteiger partial charge on any atom is -0.472 e. The third-order valence-electron chi connectivity index (χ3n) is 5.94. The van der Waals surface area contributed by atoms with Gasteiger partial charge in [0.2, 0.25) is 5.91 Å². The summed E-state index contributed by atoms with van der Waals surface area (Å²) >= 11 is 0. The molecule has 0 atom stereocenters. The molecular formula is C26H20FN7O2. The molecule has 36 heavy (non-hydrogen) atoms. The molecule has 5 aromatic heterocycles. The maximum Gasteiger partial charge on any atom is 0.226 e. The number of rotatable bonds is 5. The number of hydrogen-bond donors (Lipinski definition) is 3. The van der Waals surface area contributed by atoms with Gasteiger partial charge in [0.1, 0.15) is 11.2 Å². The molecule has 0 bridgehead atoms. The third-order valence-corrected chi connectivity index (χ3v) is 5.94. The molecule has 9 nitrogen and oxygen atoms in total. The minimum absolute atomic E-state index is 0.124. The Bertz CT molecular complexity index is 1730. The van der Waals surface area contributed by atoms with Crippen molar-refractivity contribution >= 4 is 33.7 Å². The van der Waals surface area contributed by atoms with Gasteiger partial charge in [0.15, 0.2) is 17.3 Å². The van der Waals surface area contributed by atoms with Crippen molar-refractivity contribution in [3.05, 3.63) is 67.3 Å². The lowest BCUT2D eigenvalue weighted by atomic mass is 10.0. The molecule has 0 radical (unpaired) electrons. The predicted molar refractivity (Wildman–Crippen MR) is 133 cm³/mol. The number of imidazole rings is 1. The lowest BCUT2D eigenvalue weighted by Gasteiger charge is -2.09. The number of carbonyl (C=O) groups excluding carboxylic acids is 1. The topological polar surface area (TPSA) is 125 Å². The molecule has 0 saturated carbocycles. The average molecular weight is 481 g/mol. The second-order valence-corrected chi connectivity index (χ2v) is 8.71. The largest absolute Gasteiger partial charge is 0.472 e. The van der Waals surface area contributed by atoms with E-state index in [4.69, 9.17) is 4.42 Å². The summed E-state index contributed by atoms with van der Waals surface area (Å²) in [6.45, 7) is 3.62. The number of benzene rings is 1. The number of amides is 1. The van der Waals surface area contributed by atoms with Crippen LogP contribution in [0.25, 0.3) is 55.8 Å². The third kappa shape index (κ3) is 3.68. The number of nitrogens with one attached hydrogen (secondary N) is 3. The van der Waals surface area contributed by atoms with E-state index in [0.29, 0.717) is 39.4 Å². The van der Waals surface area contributed by atoms with E-state index in [1.54, 1.807) is 37.2 Å². The molecule has 1 aromatic carbocycles. The standard InChI is InChI=1S/C26H20FN7O2/c1-13(2)26(35)30-17-7-16(10-28-11-17)15-8-19-21(20(27)9-15)33-34-23(19)25-31-22-18(14-4-6-36-12-14)3-5-29-24(22)32-25/h3-13H,1-2H3,(H,30,35)(H,33,34)(H,29,31,32). The van der Waals surface area contributed by atoms with Gasteiger partial charge in [-0.05, 0) is 35.9 Å². The fraction of sp³-hybridized carbons (Fsp3) is 0.115. The highest BCUT2D eigenvalue weighted by Gasteiger charge is 2.19. The van der Waals surface area contributed by atoms with E-state index >= 15 is 4.39 Å². The molecule has 0 saturated heterocycles. The first kappa shape index (κ1) is 21.7. The van der Waals surface area contributed by atoms with E-state index in [1.807, 2.05) is 32.0 Å². The number of furan rings is 1. The maximum absolute atomic E-state index is 15.1. The monoisotopic (exact) mass is 481 g/mol. The van der Waals surface area contributed by atoms with Crippen molar-refractivity contribution in [1.29, 1.82) is 0 Å². The van der Waals surface area contributed by atoms with E-state index in [9.17, 15) is 4.79 Å². The molecule has 3 N–H and O–H groups in total. The van der Waals surface area contributed by atoms with Crippen LogP contribution in [0.5, 0.6) is 0 Å². The zero-order valence-electron chi connectivity index (χ0n) is 19.3. The van der Waals surface area contributed by atoms with Crippen LogP contribution in [0.15, 0.2) is 65.9 Å². The molecule has 6 aromatic rings. The fourth-order valence-corrected chi connectivity index (χ4v) is 4.06. The smallest absolute Gasteiger partial charge is 0.226 e. The summed E-state index contributed by atoms with van der Waals surface area (Å²) in [5, 5.41) is 10.5. The Morgan fingerprint density at radius 3 is 2.81 bits per heavy atom. The Balaban J connectivity index is 1.45. The summed E-state index contributed by atoms with van der Waals surface area (Å²) in [5.41, 5.74) is 5.50. The van der Waals surface area contributed by atoms with Crippen molar-refractivity contribution in [2.24, 2.45) is 5.92 Å². The number of hydrogen-bond acceptors (Lipinski definition) is 6. The average Bonchev–Trinajstić information content (AvgIpc) is 3.63. The molecule has 178 valence electrons. The van der Waals surface area contributed by atoms with Crippen molar-refractivity contribution in [2.45, 2.75) is 13.8 Å². The molecular weight excluding hydrogens is 461 g/mol. The van der Waals surface area contributed by atoms with Gasteiger partial charge in [-0.25, -0.2) is 14.4 Å². The fourth-order valence-electron chi connectivity index (χ4n) is 4.06. The van der Waals surface area contributed by atoms with Crippen molar-refractivity contribution in [2.75, 3.05) is 5.32 Å². The second kappa shape index (κ2) is 8.42. The van der Waals surface area contributed by atoms with Crippen LogP contribution < -0.4 is 5.32 Å². The molecule has 10 heteroatoms. The zero-order chi connectivity index (χ0) is 24.8. The SMILES string of the molecule is CC(C)C(=O)Nc1cncc(-c2cc(F)c3n[nH]c(-c4nc5nccc(-c6ccoc6)c5[nH]4)c3c2)c1. The molecule has 0 aliphatic rings. The van der Waals surface area contributed by atoms with Gasteiger partial charge in [0, 0.05) is 40.4 Å². The van der Waals surface area contributed by atoms with Crippen LogP contribution in [0.2, 0.25) is 0 Å². The highest BCUT2D eigenvalue weighted by Crippen LogP contribution is 2.34. The second-order valence-electron chi connectivity index (χ2n) is 8.71. The van der Waals surface area contributed by atoms with Crippen molar-refractivity contribution in [1.82, 2.24) is 30.1 Å². The number of carbonyl (C=O) groups is 1. The van der Waals surface area contributed by atoms with Gasteiger partial charge in [-0.1, -0.05) is 13.8 Å². The van der Waals surface area contributed by atoms with E-state index < -0.39 is 5.82 Å².